The molecule has 0 saturated carbocycles. The van der Waals surface area contributed by atoms with Gasteiger partial charge in [-0.2, -0.15) is 0 Å². The standard InChI is InChI=1S/C13H18N2O/c1-9(14)16-12(15)10-5-7-11(8-6-10)13(2,3)4/h5-8,14-15H,1-4H3. The second kappa shape index (κ2) is 4.47. The summed E-state index contributed by atoms with van der Waals surface area (Å²) < 4.78 is 4.93. The maximum atomic E-state index is 7.62. The van der Waals surface area contributed by atoms with E-state index in [9.17, 15) is 0 Å². The Balaban J connectivity index is 2.87. The summed E-state index contributed by atoms with van der Waals surface area (Å²) in [5.74, 6) is 0.0536. The highest BCUT2D eigenvalue weighted by atomic mass is 16.5. The maximum absolute atomic E-state index is 7.62. The van der Waals surface area contributed by atoms with E-state index in [-0.39, 0.29) is 17.2 Å². The van der Waals surface area contributed by atoms with Crippen LogP contribution in [0.3, 0.4) is 0 Å². The quantitative estimate of drug-likeness (QED) is 0.551. The van der Waals surface area contributed by atoms with Crippen LogP contribution in [0.25, 0.3) is 0 Å². The number of hydrogen-bond donors (Lipinski definition) is 2. The Kier molecular flexibility index (Phi) is 3.48. The van der Waals surface area contributed by atoms with Crippen LogP contribution in [0.2, 0.25) is 0 Å². The lowest BCUT2D eigenvalue weighted by atomic mass is 9.87. The molecule has 0 unspecified atom stereocenters. The smallest absolute Gasteiger partial charge is 0.220 e. The van der Waals surface area contributed by atoms with E-state index >= 15 is 0 Å². The molecular weight excluding hydrogens is 200 g/mol. The summed E-state index contributed by atoms with van der Waals surface area (Å²) in [5.41, 5.74) is 2.02. The zero-order valence-corrected chi connectivity index (χ0v) is 10.2. The molecule has 0 aliphatic carbocycles. The molecule has 0 saturated heterocycles. The van der Waals surface area contributed by atoms with E-state index in [0.717, 1.165) is 0 Å². The van der Waals surface area contributed by atoms with E-state index in [0.29, 0.717) is 5.56 Å². The highest BCUT2D eigenvalue weighted by Crippen LogP contribution is 2.22. The van der Waals surface area contributed by atoms with Crippen molar-refractivity contribution in [2.75, 3.05) is 0 Å². The highest BCUT2D eigenvalue weighted by molar-refractivity contribution is 5.98. The predicted molar refractivity (Wildman–Crippen MR) is 66.5 cm³/mol. The molecule has 86 valence electrons. The van der Waals surface area contributed by atoms with Gasteiger partial charge in [0.1, 0.15) is 0 Å². The van der Waals surface area contributed by atoms with Gasteiger partial charge in [0.2, 0.25) is 5.90 Å². The van der Waals surface area contributed by atoms with Crippen molar-refractivity contribution in [3.63, 3.8) is 0 Å². The molecule has 3 heteroatoms. The Morgan fingerprint density at radius 3 is 1.94 bits per heavy atom. The summed E-state index contributed by atoms with van der Waals surface area (Å²) >= 11 is 0. The molecule has 1 rings (SSSR count). The fourth-order valence-corrected chi connectivity index (χ4v) is 1.33. The minimum Gasteiger partial charge on any atom is -0.426 e. The zero-order chi connectivity index (χ0) is 12.3. The van der Waals surface area contributed by atoms with Gasteiger partial charge in [0.05, 0.1) is 0 Å². The molecule has 0 fully saturated rings. The van der Waals surface area contributed by atoms with Crippen molar-refractivity contribution in [1.82, 2.24) is 0 Å². The monoisotopic (exact) mass is 218 g/mol. The van der Waals surface area contributed by atoms with Crippen LogP contribution in [-0.4, -0.2) is 11.8 Å². The first-order valence-electron chi connectivity index (χ1n) is 5.23. The van der Waals surface area contributed by atoms with Gasteiger partial charge in [-0.15, -0.1) is 0 Å². The molecule has 0 heterocycles. The molecule has 0 bridgehead atoms. The van der Waals surface area contributed by atoms with Crippen LogP contribution in [0.4, 0.5) is 0 Å². The summed E-state index contributed by atoms with van der Waals surface area (Å²) in [5, 5.41) is 14.8. The molecule has 2 N–H and O–H groups in total. The molecule has 1 aromatic rings. The van der Waals surface area contributed by atoms with E-state index < -0.39 is 0 Å². The molecule has 1 aromatic carbocycles. The van der Waals surface area contributed by atoms with Crippen LogP contribution in [-0.2, 0) is 10.2 Å². The van der Waals surface area contributed by atoms with Crippen LogP contribution >= 0.6 is 0 Å². The van der Waals surface area contributed by atoms with Crippen LogP contribution < -0.4 is 0 Å². The number of ether oxygens (including phenoxy) is 1. The van der Waals surface area contributed by atoms with Crippen molar-refractivity contribution in [3.05, 3.63) is 35.4 Å². The van der Waals surface area contributed by atoms with Crippen molar-refractivity contribution in [3.8, 4) is 0 Å². The summed E-state index contributed by atoms with van der Waals surface area (Å²) in [6, 6.07) is 7.69. The van der Waals surface area contributed by atoms with Crippen molar-refractivity contribution in [2.24, 2.45) is 0 Å². The van der Waals surface area contributed by atoms with E-state index in [2.05, 4.69) is 20.8 Å². The fraction of sp³-hybridized carbons (Fsp3) is 0.385. The first-order chi connectivity index (χ1) is 7.30. The number of nitrogens with one attached hydrogen (secondary N) is 2. The van der Waals surface area contributed by atoms with Crippen LogP contribution in [0.1, 0.15) is 38.8 Å². The molecule has 0 radical (unpaired) electrons. The predicted octanol–water partition coefficient (Wildman–Crippen LogP) is 3.32. The molecule has 0 aromatic heterocycles. The van der Waals surface area contributed by atoms with E-state index in [4.69, 9.17) is 15.6 Å². The summed E-state index contributed by atoms with van der Waals surface area (Å²) in [6.45, 7) is 7.95. The minimum atomic E-state index is 0.0213. The van der Waals surface area contributed by atoms with Gasteiger partial charge in [-0.3, -0.25) is 10.8 Å². The molecule has 16 heavy (non-hydrogen) atoms. The Hall–Kier alpha value is -1.64. The van der Waals surface area contributed by atoms with Gasteiger partial charge < -0.3 is 4.74 Å². The SMILES string of the molecule is CC(=N)OC(=N)c1ccc(C(C)(C)C)cc1. The summed E-state index contributed by atoms with van der Waals surface area (Å²) in [4.78, 5) is 0. The molecule has 0 amide bonds. The Morgan fingerprint density at radius 2 is 1.56 bits per heavy atom. The van der Waals surface area contributed by atoms with E-state index in [1.54, 1.807) is 0 Å². The van der Waals surface area contributed by atoms with Gasteiger partial charge in [0, 0.05) is 12.5 Å². The lowest BCUT2D eigenvalue weighted by molar-refractivity contribution is 0.532. The normalized spacial score (nSPS) is 11.0. The Morgan fingerprint density at radius 1 is 1.06 bits per heavy atom. The topological polar surface area (TPSA) is 56.9 Å². The van der Waals surface area contributed by atoms with Crippen molar-refractivity contribution in [2.45, 2.75) is 33.1 Å². The van der Waals surface area contributed by atoms with Gasteiger partial charge in [-0.05, 0) is 23.1 Å². The molecule has 0 atom stereocenters. The number of hydrogen-bond acceptors (Lipinski definition) is 3. The average Bonchev–Trinajstić information content (AvgIpc) is 2.15. The lowest BCUT2D eigenvalue weighted by Crippen LogP contribution is -2.12. The van der Waals surface area contributed by atoms with E-state index in [1.807, 2.05) is 24.3 Å². The van der Waals surface area contributed by atoms with Gasteiger partial charge >= 0.3 is 0 Å². The van der Waals surface area contributed by atoms with Gasteiger partial charge in [-0.25, -0.2) is 0 Å². The minimum absolute atomic E-state index is 0.0213. The zero-order valence-electron chi connectivity index (χ0n) is 10.2. The first kappa shape index (κ1) is 12.4. The molecule has 0 aliphatic rings. The van der Waals surface area contributed by atoms with Crippen LogP contribution in [0.15, 0.2) is 24.3 Å². The molecular formula is C13H18N2O. The third-order valence-corrected chi connectivity index (χ3v) is 2.27. The second-order valence-corrected chi connectivity index (χ2v) is 4.81. The fourth-order valence-electron chi connectivity index (χ4n) is 1.33. The summed E-state index contributed by atoms with van der Waals surface area (Å²) in [7, 11) is 0. The Labute approximate surface area is 96.5 Å². The Bertz CT molecular complexity index is 399. The lowest BCUT2D eigenvalue weighted by Gasteiger charge is -2.19. The molecule has 3 nitrogen and oxygen atoms in total. The van der Waals surface area contributed by atoms with Crippen LogP contribution in [0.5, 0.6) is 0 Å². The average molecular weight is 218 g/mol. The molecule has 0 aliphatic heterocycles. The molecule has 0 spiro atoms. The van der Waals surface area contributed by atoms with Gasteiger partial charge in [0.15, 0.2) is 5.90 Å². The third kappa shape index (κ3) is 3.19. The maximum Gasteiger partial charge on any atom is 0.220 e. The first-order valence-corrected chi connectivity index (χ1v) is 5.23. The summed E-state index contributed by atoms with van der Waals surface area (Å²) in [6.07, 6.45) is 0. The third-order valence-electron chi connectivity index (χ3n) is 2.27. The van der Waals surface area contributed by atoms with Crippen molar-refractivity contribution in [1.29, 1.82) is 10.8 Å². The van der Waals surface area contributed by atoms with Crippen LogP contribution in [0, 0.1) is 10.8 Å². The highest BCUT2D eigenvalue weighted by Gasteiger charge is 2.13. The van der Waals surface area contributed by atoms with E-state index in [1.165, 1.54) is 12.5 Å². The largest absolute Gasteiger partial charge is 0.426 e. The van der Waals surface area contributed by atoms with Gasteiger partial charge in [-0.1, -0.05) is 32.9 Å². The number of benzene rings is 1. The van der Waals surface area contributed by atoms with Gasteiger partial charge in [0.25, 0.3) is 0 Å². The van der Waals surface area contributed by atoms with Crippen molar-refractivity contribution < 1.29 is 4.74 Å². The second-order valence-electron chi connectivity index (χ2n) is 4.81. The van der Waals surface area contributed by atoms with Crippen molar-refractivity contribution >= 4 is 11.8 Å². The number of rotatable bonds is 1.